The predicted octanol–water partition coefficient (Wildman–Crippen LogP) is 7.20. The molecule has 4 aromatic rings. The zero-order valence-corrected chi connectivity index (χ0v) is 28.9. The minimum absolute atomic E-state index is 0.0430. The molecule has 0 unspecified atom stereocenters. The van der Waals surface area contributed by atoms with Gasteiger partial charge in [0.05, 0.1) is 29.7 Å². The molecule has 0 aliphatic heterocycles. The zero-order valence-electron chi connectivity index (χ0n) is 28.1. The second-order valence-electron chi connectivity index (χ2n) is 14.3. The molecule has 9 heteroatoms. The molecule has 0 bridgehead atoms. The van der Waals surface area contributed by atoms with E-state index in [1.54, 1.807) is 13.3 Å². The standard InChI is InChI=1S/C36H45N5O3S/c1-34(2,3)25-13-11-24(12-14-25)32-39-40-33(41(32)26-15-17-27(44-10)18-16-26)45-22-30(42)38-37-21-23-19-28(35(4,5)6)31(43)29(20-23)36(7,8)9/h11-21H,22H2,1-10H3,(H2,37,38,42,43)/p+1. The second-order valence-corrected chi connectivity index (χ2v) is 15.2. The van der Waals surface area contributed by atoms with Gasteiger partial charge in [-0.05, 0) is 87.7 Å². The van der Waals surface area contributed by atoms with Crippen molar-refractivity contribution in [2.24, 2.45) is 5.10 Å². The summed E-state index contributed by atoms with van der Waals surface area (Å²) in [5.41, 5.74) is 7.76. The van der Waals surface area contributed by atoms with Crippen molar-refractivity contribution < 1.29 is 19.2 Å². The lowest BCUT2D eigenvalue weighted by molar-refractivity contribution is -0.625. The number of aromatic amines is 1. The Kier molecular flexibility index (Phi) is 9.82. The van der Waals surface area contributed by atoms with Gasteiger partial charge in [0.2, 0.25) is 0 Å². The number of carbonyl (C=O) groups is 1. The van der Waals surface area contributed by atoms with E-state index in [0.717, 1.165) is 39.5 Å². The molecular formula is C36H46N5O3S+. The van der Waals surface area contributed by atoms with Gasteiger partial charge in [0.15, 0.2) is 0 Å². The lowest BCUT2D eigenvalue weighted by Crippen LogP contribution is -2.34. The van der Waals surface area contributed by atoms with Crippen LogP contribution < -0.4 is 14.7 Å². The zero-order chi connectivity index (χ0) is 33.2. The highest BCUT2D eigenvalue weighted by molar-refractivity contribution is 7.99. The molecule has 0 fully saturated rings. The van der Waals surface area contributed by atoms with E-state index in [1.807, 2.05) is 41.0 Å². The number of thioether (sulfide) groups is 1. The van der Waals surface area contributed by atoms with E-state index in [1.165, 1.54) is 17.3 Å². The van der Waals surface area contributed by atoms with Crippen molar-refractivity contribution in [3.63, 3.8) is 0 Å². The van der Waals surface area contributed by atoms with Crippen molar-refractivity contribution >= 4 is 23.9 Å². The van der Waals surface area contributed by atoms with Gasteiger partial charge in [-0.1, -0.05) is 74.4 Å². The summed E-state index contributed by atoms with van der Waals surface area (Å²) in [6, 6.07) is 20.0. The number of amides is 1. The summed E-state index contributed by atoms with van der Waals surface area (Å²) in [6.45, 7) is 19.0. The topological polar surface area (TPSA) is 103 Å². The maximum Gasteiger partial charge on any atom is 0.342 e. The van der Waals surface area contributed by atoms with Crippen LogP contribution in [-0.2, 0) is 21.0 Å². The van der Waals surface area contributed by atoms with Crippen LogP contribution in [0.2, 0.25) is 0 Å². The second kappa shape index (κ2) is 13.1. The van der Waals surface area contributed by atoms with Gasteiger partial charge in [-0.3, -0.25) is 4.79 Å². The van der Waals surface area contributed by atoms with Crippen molar-refractivity contribution in [1.82, 2.24) is 15.6 Å². The minimum atomic E-state index is -0.262. The highest BCUT2D eigenvalue weighted by Gasteiger charge is 2.27. The third-order valence-corrected chi connectivity index (χ3v) is 8.45. The van der Waals surface area contributed by atoms with Crippen LogP contribution in [0.1, 0.15) is 84.6 Å². The van der Waals surface area contributed by atoms with Gasteiger partial charge < -0.3 is 9.84 Å². The van der Waals surface area contributed by atoms with Gasteiger partial charge in [-0.25, -0.2) is 5.43 Å². The Bertz CT molecular complexity index is 1640. The van der Waals surface area contributed by atoms with Gasteiger partial charge in [-0.15, -0.1) is 5.10 Å². The lowest BCUT2D eigenvalue weighted by atomic mass is 9.78. The van der Waals surface area contributed by atoms with Crippen LogP contribution in [0, 0.1) is 0 Å². The Morgan fingerprint density at radius 3 is 2.02 bits per heavy atom. The monoisotopic (exact) mass is 628 g/mol. The Balaban J connectivity index is 1.55. The number of hydrogen-bond acceptors (Lipinski definition) is 6. The molecule has 1 amide bonds. The summed E-state index contributed by atoms with van der Waals surface area (Å²) in [5, 5.41) is 23.6. The summed E-state index contributed by atoms with van der Waals surface area (Å²) in [7, 11) is 1.64. The fourth-order valence-electron chi connectivity index (χ4n) is 4.90. The first-order valence-electron chi connectivity index (χ1n) is 15.1. The lowest BCUT2D eigenvalue weighted by Gasteiger charge is -2.27. The third-order valence-electron chi connectivity index (χ3n) is 7.51. The van der Waals surface area contributed by atoms with E-state index in [9.17, 15) is 9.90 Å². The van der Waals surface area contributed by atoms with Crippen LogP contribution >= 0.6 is 11.8 Å². The van der Waals surface area contributed by atoms with Gasteiger partial charge in [0.25, 0.3) is 11.7 Å². The molecule has 0 saturated heterocycles. The van der Waals surface area contributed by atoms with E-state index in [4.69, 9.17) is 4.74 Å². The van der Waals surface area contributed by atoms with Gasteiger partial charge in [0.1, 0.15) is 17.2 Å². The molecule has 0 radical (unpaired) electrons. The average molecular weight is 629 g/mol. The van der Waals surface area contributed by atoms with Crippen molar-refractivity contribution in [3.8, 4) is 28.6 Å². The molecule has 238 valence electrons. The highest BCUT2D eigenvalue weighted by atomic mass is 32.2. The fourth-order valence-corrected chi connectivity index (χ4v) is 5.66. The highest BCUT2D eigenvalue weighted by Crippen LogP contribution is 2.39. The summed E-state index contributed by atoms with van der Waals surface area (Å²) >= 11 is 1.31. The number of carbonyl (C=O) groups excluding carboxylic acids is 1. The average Bonchev–Trinajstić information content (AvgIpc) is 3.39. The number of ether oxygens (including phenoxy) is 1. The van der Waals surface area contributed by atoms with Crippen LogP contribution in [0.3, 0.4) is 0 Å². The molecule has 1 aromatic heterocycles. The Morgan fingerprint density at radius 2 is 1.51 bits per heavy atom. The maximum atomic E-state index is 12.9. The molecule has 1 heterocycles. The first-order chi connectivity index (χ1) is 21.0. The molecule has 8 nitrogen and oxygen atoms in total. The summed E-state index contributed by atoms with van der Waals surface area (Å²) in [6.07, 6.45) is 1.62. The Morgan fingerprint density at radius 1 is 0.933 bits per heavy atom. The number of H-pyrrole nitrogens is 1. The van der Waals surface area contributed by atoms with Crippen molar-refractivity contribution in [2.75, 3.05) is 12.9 Å². The molecule has 3 aromatic carbocycles. The van der Waals surface area contributed by atoms with Gasteiger partial charge in [0, 0.05) is 11.1 Å². The van der Waals surface area contributed by atoms with Crippen LogP contribution in [-0.4, -0.2) is 40.3 Å². The normalized spacial score (nSPS) is 12.5. The number of rotatable bonds is 8. The molecule has 0 atom stereocenters. The van der Waals surface area contributed by atoms with Crippen molar-refractivity contribution in [2.45, 2.75) is 83.7 Å². The molecule has 3 N–H and O–H groups in total. The number of nitrogens with zero attached hydrogens (tertiary/aromatic N) is 3. The van der Waals surface area contributed by atoms with Crippen LogP contribution in [0.25, 0.3) is 17.1 Å². The van der Waals surface area contributed by atoms with E-state index in [2.05, 4.69) is 107 Å². The summed E-state index contributed by atoms with van der Waals surface area (Å²) in [4.78, 5) is 12.9. The first kappa shape index (κ1) is 33.8. The van der Waals surface area contributed by atoms with Crippen LogP contribution in [0.5, 0.6) is 11.5 Å². The number of methoxy groups -OCH3 is 1. The number of aromatic nitrogens is 3. The first-order valence-corrected chi connectivity index (χ1v) is 16.1. The number of phenolic OH excluding ortho intramolecular Hbond substituents is 1. The Hall–Kier alpha value is -4.11. The molecule has 0 spiro atoms. The SMILES string of the molecule is COc1ccc(-[n+]2c(SCC(=O)NN=Cc3cc(C(C)(C)C)c(O)c(C(C)(C)C)c3)n[nH]c2-c2ccc(C(C)(C)C)cc2)cc1. The minimum Gasteiger partial charge on any atom is -0.507 e. The van der Waals surface area contributed by atoms with E-state index >= 15 is 0 Å². The number of phenols is 1. The number of hydrogen-bond donors (Lipinski definition) is 3. The summed E-state index contributed by atoms with van der Waals surface area (Å²) in [5.74, 6) is 1.71. The van der Waals surface area contributed by atoms with E-state index in [-0.39, 0.29) is 27.9 Å². The van der Waals surface area contributed by atoms with Crippen LogP contribution in [0.4, 0.5) is 0 Å². The maximum absolute atomic E-state index is 12.9. The van der Waals surface area contributed by atoms with Crippen molar-refractivity contribution in [1.29, 1.82) is 0 Å². The largest absolute Gasteiger partial charge is 0.507 e. The molecule has 45 heavy (non-hydrogen) atoms. The van der Waals surface area contributed by atoms with Crippen LogP contribution in [0.15, 0.2) is 70.9 Å². The molecule has 0 saturated carbocycles. The van der Waals surface area contributed by atoms with Gasteiger partial charge in [-0.2, -0.15) is 9.67 Å². The molecule has 0 aliphatic carbocycles. The van der Waals surface area contributed by atoms with E-state index < -0.39 is 0 Å². The van der Waals surface area contributed by atoms with Crippen molar-refractivity contribution in [3.05, 3.63) is 82.9 Å². The smallest absolute Gasteiger partial charge is 0.342 e. The molecular weight excluding hydrogens is 582 g/mol. The van der Waals surface area contributed by atoms with Gasteiger partial charge >= 0.3 is 5.16 Å². The molecule has 0 aliphatic rings. The summed E-state index contributed by atoms with van der Waals surface area (Å²) < 4.78 is 7.37. The fraction of sp³-hybridized carbons (Fsp3) is 0.389. The number of nitrogens with one attached hydrogen (secondary N) is 2. The third kappa shape index (κ3) is 8.14. The predicted molar refractivity (Wildman–Crippen MR) is 183 cm³/mol. The molecule has 4 rings (SSSR count). The van der Waals surface area contributed by atoms with E-state index in [0.29, 0.717) is 10.9 Å². The quantitative estimate of drug-likeness (QED) is 0.0829. The number of hydrazone groups is 1. The number of benzene rings is 3. The number of aromatic hydroxyl groups is 1. The Labute approximate surface area is 271 Å².